The third kappa shape index (κ3) is 4.07. The van der Waals surface area contributed by atoms with E-state index in [9.17, 15) is 18.0 Å². The molecule has 3 rings (SSSR count). The van der Waals surface area contributed by atoms with Crippen molar-refractivity contribution in [1.29, 1.82) is 0 Å². The van der Waals surface area contributed by atoms with E-state index in [2.05, 4.69) is 15.3 Å². The molecule has 5 nitrogen and oxygen atoms in total. The van der Waals surface area contributed by atoms with Crippen molar-refractivity contribution in [3.63, 3.8) is 0 Å². The number of carbonyl (C=O) groups excluding carboxylic acids is 1. The van der Waals surface area contributed by atoms with E-state index in [1.807, 2.05) is 0 Å². The van der Waals surface area contributed by atoms with Gasteiger partial charge in [0.2, 0.25) is 5.95 Å². The van der Waals surface area contributed by atoms with Crippen LogP contribution in [0.15, 0.2) is 36.5 Å². The largest absolute Gasteiger partial charge is 0.434 e. The molecule has 0 spiro atoms. The number of benzene rings is 1. The summed E-state index contributed by atoms with van der Waals surface area (Å²) in [7, 11) is 0. The van der Waals surface area contributed by atoms with E-state index in [-0.39, 0.29) is 5.95 Å². The zero-order chi connectivity index (χ0) is 17.9. The van der Waals surface area contributed by atoms with E-state index in [1.165, 1.54) is 4.90 Å². The van der Waals surface area contributed by atoms with Gasteiger partial charge in [0.25, 0.3) is 5.91 Å². The molecule has 1 amide bonds. The summed E-state index contributed by atoms with van der Waals surface area (Å²) in [4.78, 5) is 21.3. The van der Waals surface area contributed by atoms with Crippen LogP contribution in [-0.4, -0.2) is 33.9 Å². The smallest absolute Gasteiger partial charge is 0.339 e. The van der Waals surface area contributed by atoms with Crippen molar-refractivity contribution in [2.75, 3.05) is 18.4 Å². The Labute approximate surface area is 142 Å². The summed E-state index contributed by atoms with van der Waals surface area (Å²) >= 11 is 0. The number of aromatic nitrogens is 2. The second-order valence-corrected chi connectivity index (χ2v) is 5.80. The third-order valence-electron chi connectivity index (χ3n) is 3.96. The second kappa shape index (κ2) is 7.08. The van der Waals surface area contributed by atoms with Crippen LogP contribution in [0.1, 0.15) is 35.3 Å². The molecular formula is C17H17F3N4O. The minimum absolute atomic E-state index is 0.200. The molecule has 1 aromatic heterocycles. The van der Waals surface area contributed by atoms with Crippen molar-refractivity contribution in [1.82, 2.24) is 14.9 Å². The molecule has 2 heterocycles. The van der Waals surface area contributed by atoms with Crippen LogP contribution >= 0.6 is 0 Å². The van der Waals surface area contributed by atoms with E-state index < -0.39 is 23.3 Å². The zero-order valence-electron chi connectivity index (χ0n) is 13.4. The first-order chi connectivity index (χ1) is 11.9. The second-order valence-electron chi connectivity index (χ2n) is 5.80. The van der Waals surface area contributed by atoms with Gasteiger partial charge in [-0.3, -0.25) is 4.79 Å². The van der Waals surface area contributed by atoms with E-state index >= 15 is 0 Å². The number of hydrogen-bond donors (Lipinski definition) is 1. The topological polar surface area (TPSA) is 58.1 Å². The Morgan fingerprint density at radius 3 is 2.40 bits per heavy atom. The summed E-state index contributed by atoms with van der Waals surface area (Å²) < 4.78 is 40.2. The van der Waals surface area contributed by atoms with E-state index in [0.29, 0.717) is 18.8 Å². The summed E-state index contributed by atoms with van der Waals surface area (Å²) in [6.07, 6.45) is -1.22. The molecule has 1 saturated heterocycles. The van der Waals surface area contributed by atoms with Crippen LogP contribution in [0, 0.1) is 0 Å². The molecule has 0 unspecified atom stereocenters. The maximum atomic E-state index is 13.4. The highest BCUT2D eigenvalue weighted by atomic mass is 19.4. The standard InChI is InChI=1S/C17H17F3N4O/c18-17(19,20)14-13(15(25)24-9-5-2-6-10-24)11-21-16(23-14)22-12-7-3-1-4-8-12/h1,3-4,7-8,11H,2,5-6,9-10H2,(H,21,22,23). The molecule has 0 bridgehead atoms. The summed E-state index contributed by atoms with van der Waals surface area (Å²) in [6, 6.07) is 8.63. The highest BCUT2D eigenvalue weighted by Crippen LogP contribution is 2.32. The number of amides is 1. The Morgan fingerprint density at radius 2 is 1.76 bits per heavy atom. The van der Waals surface area contributed by atoms with Gasteiger partial charge in [0.1, 0.15) is 0 Å². The van der Waals surface area contributed by atoms with Gasteiger partial charge in [-0.05, 0) is 31.4 Å². The molecule has 1 aliphatic rings. The lowest BCUT2D eigenvalue weighted by molar-refractivity contribution is -0.141. The van der Waals surface area contributed by atoms with Crippen molar-refractivity contribution in [3.05, 3.63) is 47.8 Å². The number of rotatable bonds is 3. The first kappa shape index (κ1) is 17.2. The van der Waals surface area contributed by atoms with Crippen molar-refractivity contribution in [2.24, 2.45) is 0 Å². The SMILES string of the molecule is O=C(c1cnc(Nc2ccccc2)nc1C(F)(F)F)N1CCCCC1. The van der Waals surface area contributed by atoms with Gasteiger partial charge in [-0.15, -0.1) is 0 Å². The van der Waals surface area contributed by atoms with Crippen LogP contribution < -0.4 is 5.32 Å². The van der Waals surface area contributed by atoms with Crippen LogP contribution in [0.5, 0.6) is 0 Å². The number of anilines is 2. The number of halogens is 3. The fourth-order valence-electron chi connectivity index (χ4n) is 2.73. The summed E-state index contributed by atoms with van der Waals surface area (Å²) in [5.41, 5.74) is -1.16. The van der Waals surface area contributed by atoms with Crippen molar-refractivity contribution < 1.29 is 18.0 Å². The number of nitrogens with one attached hydrogen (secondary N) is 1. The zero-order valence-corrected chi connectivity index (χ0v) is 13.4. The highest BCUT2D eigenvalue weighted by molar-refractivity contribution is 5.95. The van der Waals surface area contributed by atoms with Crippen molar-refractivity contribution in [3.8, 4) is 0 Å². The Balaban J connectivity index is 1.91. The maximum Gasteiger partial charge on any atom is 0.434 e. The molecule has 1 N–H and O–H groups in total. The van der Waals surface area contributed by atoms with Crippen LogP contribution in [0.2, 0.25) is 0 Å². The van der Waals surface area contributed by atoms with Crippen LogP contribution in [0.25, 0.3) is 0 Å². The molecule has 8 heteroatoms. The minimum Gasteiger partial charge on any atom is -0.339 e. The molecule has 25 heavy (non-hydrogen) atoms. The lowest BCUT2D eigenvalue weighted by atomic mass is 10.1. The van der Waals surface area contributed by atoms with Gasteiger partial charge in [-0.1, -0.05) is 18.2 Å². The van der Waals surface area contributed by atoms with E-state index in [1.54, 1.807) is 30.3 Å². The first-order valence-corrected chi connectivity index (χ1v) is 8.01. The molecule has 0 radical (unpaired) electrons. The molecule has 0 atom stereocenters. The van der Waals surface area contributed by atoms with Crippen LogP contribution in [0.3, 0.4) is 0 Å². The lowest BCUT2D eigenvalue weighted by Gasteiger charge is -2.27. The molecular weight excluding hydrogens is 333 g/mol. The van der Waals surface area contributed by atoms with Gasteiger partial charge in [-0.2, -0.15) is 13.2 Å². The number of carbonyl (C=O) groups is 1. The molecule has 1 fully saturated rings. The number of alkyl halides is 3. The van der Waals surface area contributed by atoms with E-state index in [4.69, 9.17) is 0 Å². The fourth-order valence-corrected chi connectivity index (χ4v) is 2.73. The quantitative estimate of drug-likeness (QED) is 0.913. The first-order valence-electron chi connectivity index (χ1n) is 8.01. The van der Waals surface area contributed by atoms with Gasteiger partial charge in [0.15, 0.2) is 5.69 Å². The van der Waals surface area contributed by atoms with Gasteiger partial charge in [-0.25, -0.2) is 9.97 Å². The predicted molar refractivity (Wildman–Crippen MR) is 86.5 cm³/mol. The average molecular weight is 350 g/mol. The van der Waals surface area contributed by atoms with Gasteiger partial charge in [0, 0.05) is 25.0 Å². The van der Waals surface area contributed by atoms with E-state index in [0.717, 1.165) is 25.5 Å². The molecule has 1 aliphatic heterocycles. The molecule has 0 aliphatic carbocycles. The number of piperidine rings is 1. The van der Waals surface area contributed by atoms with Crippen molar-refractivity contribution in [2.45, 2.75) is 25.4 Å². The van der Waals surface area contributed by atoms with Gasteiger partial charge >= 0.3 is 6.18 Å². The molecule has 0 saturated carbocycles. The number of nitrogens with zero attached hydrogens (tertiary/aromatic N) is 3. The monoisotopic (exact) mass is 350 g/mol. The Bertz CT molecular complexity index is 743. The minimum atomic E-state index is -4.74. The van der Waals surface area contributed by atoms with Crippen LogP contribution in [-0.2, 0) is 6.18 Å². The number of hydrogen-bond acceptors (Lipinski definition) is 4. The Morgan fingerprint density at radius 1 is 1.08 bits per heavy atom. The third-order valence-corrected chi connectivity index (χ3v) is 3.96. The lowest BCUT2D eigenvalue weighted by Crippen LogP contribution is -2.37. The molecule has 2 aromatic rings. The predicted octanol–water partition coefficient (Wildman–Crippen LogP) is 3.87. The van der Waals surface area contributed by atoms with Gasteiger partial charge < -0.3 is 10.2 Å². The average Bonchev–Trinajstić information content (AvgIpc) is 2.62. The normalized spacial score (nSPS) is 15.1. The maximum absolute atomic E-state index is 13.4. The molecule has 1 aromatic carbocycles. The summed E-state index contributed by atoms with van der Waals surface area (Å²) in [6.45, 7) is 0.917. The Hall–Kier alpha value is -2.64. The Kier molecular flexibility index (Phi) is 4.87. The summed E-state index contributed by atoms with van der Waals surface area (Å²) in [5, 5.41) is 2.71. The number of likely N-dealkylation sites (tertiary alicyclic amines) is 1. The fraction of sp³-hybridized carbons (Fsp3) is 0.353. The van der Waals surface area contributed by atoms with Gasteiger partial charge in [0.05, 0.1) is 5.56 Å². The highest BCUT2D eigenvalue weighted by Gasteiger charge is 2.39. The molecule has 132 valence electrons. The number of para-hydroxylation sites is 1. The van der Waals surface area contributed by atoms with Crippen LogP contribution in [0.4, 0.5) is 24.8 Å². The summed E-state index contributed by atoms with van der Waals surface area (Å²) in [5.74, 6) is -0.869. The van der Waals surface area contributed by atoms with Crippen molar-refractivity contribution >= 4 is 17.5 Å².